The first-order valence-corrected chi connectivity index (χ1v) is 8.81. The number of piperidine rings is 1. The number of halogens is 1. The van der Waals surface area contributed by atoms with E-state index < -0.39 is 10.0 Å². The summed E-state index contributed by atoms with van der Waals surface area (Å²) in [6, 6.07) is 0.381. The van der Waals surface area contributed by atoms with Gasteiger partial charge in [-0.2, -0.15) is 5.10 Å². The molecule has 1 aromatic heterocycles. The predicted octanol–water partition coefficient (Wildman–Crippen LogP) is 0.972. The highest BCUT2D eigenvalue weighted by Gasteiger charge is 2.24. The number of sulfonamides is 1. The molecule has 0 aromatic carbocycles. The second-order valence-electron chi connectivity index (χ2n) is 5.59. The molecular formula is C13H25ClN4O2S. The first-order chi connectivity index (χ1) is 9.29. The first-order valence-electron chi connectivity index (χ1n) is 6.96. The van der Waals surface area contributed by atoms with Gasteiger partial charge < -0.3 is 5.32 Å². The molecule has 1 aromatic rings. The maximum Gasteiger partial charge on any atom is 0.211 e. The summed E-state index contributed by atoms with van der Waals surface area (Å²) in [6.07, 6.45) is 3.01. The van der Waals surface area contributed by atoms with Crippen LogP contribution in [0.15, 0.2) is 0 Å². The third-order valence-corrected chi connectivity index (χ3v) is 5.45. The molecule has 0 aliphatic carbocycles. The summed E-state index contributed by atoms with van der Waals surface area (Å²) in [4.78, 5) is 0. The van der Waals surface area contributed by atoms with Crippen LogP contribution in [0.2, 0.25) is 0 Å². The molecule has 1 aliphatic heterocycles. The van der Waals surface area contributed by atoms with E-state index in [0.29, 0.717) is 19.1 Å². The highest BCUT2D eigenvalue weighted by molar-refractivity contribution is 7.88. The Hall–Kier alpha value is -0.630. The molecule has 0 saturated carbocycles. The lowest BCUT2D eigenvalue weighted by molar-refractivity contribution is 0.290. The molecule has 0 unspecified atom stereocenters. The quantitative estimate of drug-likeness (QED) is 0.889. The van der Waals surface area contributed by atoms with Crippen molar-refractivity contribution in [3.05, 3.63) is 17.0 Å². The molecular weight excluding hydrogens is 312 g/mol. The fourth-order valence-corrected chi connectivity index (χ4v) is 3.59. The van der Waals surface area contributed by atoms with Crippen LogP contribution in [0, 0.1) is 13.8 Å². The van der Waals surface area contributed by atoms with Crippen molar-refractivity contribution in [2.45, 2.75) is 39.3 Å². The van der Waals surface area contributed by atoms with Gasteiger partial charge in [0.1, 0.15) is 0 Å². The van der Waals surface area contributed by atoms with Crippen LogP contribution in [0.5, 0.6) is 0 Å². The molecule has 2 heterocycles. The third-order valence-electron chi connectivity index (χ3n) is 4.15. The van der Waals surface area contributed by atoms with Gasteiger partial charge in [-0.25, -0.2) is 12.7 Å². The van der Waals surface area contributed by atoms with Crippen LogP contribution in [0.25, 0.3) is 0 Å². The van der Waals surface area contributed by atoms with Crippen molar-refractivity contribution in [2.24, 2.45) is 7.05 Å². The standard InChI is InChI=1S/C13H24N4O2S.ClH/c1-10-13(11(2)16(3)15-10)9-14-12-5-7-17(8-6-12)20(4,18)19;/h12,14H,5-9H2,1-4H3;1H. The SMILES string of the molecule is Cc1nn(C)c(C)c1CNC1CCN(S(C)(=O)=O)CC1.Cl. The Labute approximate surface area is 133 Å². The summed E-state index contributed by atoms with van der Waals surface area (Å²) in [5.41, 5.74) is 3.49. The van der Waals surface area contributed by atoms with Crippen molar-refractivity contribution in [2.75, 3.05) is 19.3 Å². The van der Waals surface area contributed by atoms with Gasteiger partial charge in [0.05, 0.1) is 11.9 Å². The summed E-state index contributed by atoms with van der Waals surface area (Å²) < 4.78 is 26.4. The summed E-state index contributed by atoms with van der Waals surface area (Å²) in [5.74, 6) is 0. The summed E-state index contributed by atoms with van der Waals surface area (Å²) in [5, 5.41) is 7.94. The molecule has 21 heavy (non-hydrogen) atoms. The maximum absolute atomic E-state index is 11.5. The molecule has 2 rings (SSSR count). The van der Waals surface area contributed by atoms with E-state index >= 15 is 0 Å². The van der Waals surface area contributed by atoms with Gasteiger partial charge in [0.15, 0.2) is 0 Å². The van der Waals surface area contributed by atoms with E-state index in [1.165, 1.54) is 17.5 Å². The smallest absolute Gasteiger partial charge is 0.211 e. The van der Waals surface area contributed by atoms with Crippen LogP contribution in [-0.2, 0) is 23.6 Å². The van der Waals surface area contributed by atoms with Crippen LogP contribution in [0.4, 0.5) is 0 Å². The summed E-state index contributed by atoms with van der Waals surface area (Å²) in [6.45, 7) is 6.12. The number of nitrogens with one attached hydrogen (secondary N) is 1. The molecule has 1 fully saturated rings. The van der Waals surface area contributed by atoms with E-state index in [0.717, 1.165) is 25.1 Å². The highest BCUT2D eigenvalue weighted by atomic mass is 35.5. The molecule has 1 saturated heterocycles. The lowest BCUT2D eigenvalue weighted by atomic mass is 10.1. The molecule has 8 heteroatoms. The second kappa shape index (κ2) is 7.09. The fraction of sp³-hybridized carbons (Fsp3) is 0.769. The zero-order chi connectivity index (χ0) is 14.9. The molecule has 6 nitrogen and oxygen atoms in total. The lowest BCUT2D eigenvalue weighted by Gasteiger charge is -2.30. The van der Waals surface area contributed by atoms with Crippen molar-refractivity contribution < 1.29 is 8.42 Å². The first kappa shape index (κ1) is 18.4. The monoisotopic (exact) mass is 336 g/mol. The van der Waals surface area contributed by atoms with Gasteiger partial charge in [-0.1, -0.05) is 0 Å². The van der Waals surface area contributed by atoms with E-state index in [1.54, 1.807) is 4.31 Å². The Morgan fingerprint density at radius 2 is 1.86 bits per heavy atom. The summed E-state index contributed by atoms with van der Waals surface area (Å²) >= 11 is 0. The Morgan fingerprint density at radius 3 is 2.29 bits per heavy atom. The topological polar surface area (TPSA) is 67.2 Å². The Bertz CT molecular complexity index is 577. The van der Waals surface area contributed by atoms with Gasteiger partial charge >= 0.3 is 0 Å². The van der Waals surface area contributed by atoms with E-state index in [4.69, 9.17) is 0 Å². The summed E-state index contributed by atoms with van der Waals surface area (Å²) in [7, 11) is -1.08. The minimum absolute atomic E-state index is 0. The van der Waals surface area contributed by atoms with Crippen LogP contribution in [0.3, 0.4) is 0 Å². The molecule has 0 amide bonds. The lowest BCUT2D eigenvalue weighted by Crippen LogP contribution is -2.44. The van der Waals surface area contributed by atoms with Gasteiger partial charge in [0, 0.05) is 44.0 Å². The van der Waals surface area contributed by atoms with E-state index in [9.17, 15) is 8.42 Å². The van der Waals surface area contributed by atoms with E-state index in [1.807, 2.05) is 18.7 Å². The minimum atomic E-state index is -3.03. The molecule has 0 bridgehead atoms. The molecule has 0 radical (unpaired) electrons. The van der Waals surface area contributed by atoms with Gasteiger partial charge in [0.25, 0.3) is 0 Å². The minimum Gasteiger partial charge on any atom is -0.310 e. The third kappa shape index (κ3) is 4.42. The van der Waals surface area contributed by atoms with Crippen LogP contribution in [0.1, 0.15) is 29.8 Å². The van der Waals surface area contributed by atoms with Crippen molar-refractivity contribution >= 4 is 22.4 Å². The molecule has 0 atom stereocenters. The Balaban J connectivity index is 0.00000220. The largest absolute Gasteiger partial charge is 0.310 e. The number of hydrogen-bond acceptors (Lipinski definition) is 4. The van der Waals surface area contributed by atoms with Crippen LogP contribution in [-0.4, -0.2) is 47.9 Å². The zero-order valence-electron chi connectivity index (χ0n) is 13.1. The zero-order valence-corrected chi connectivity index (χ0v) is 14.7. The Morgan fingerprint density at radius 1 is 1.29 bits per heavy atom. The van der Waals surface area contributed by atoms with Crippen LogP contribution < -0.4 is 5.32 Å². The highest BCUT2D eigenvalue weighted by Crippen LogP contribution is 2.16. The number of rotatable bonds is 4. The number of hydrogen-bond donors (Lipinski definition) is 1. The van der Waals surface area contributed by atoms with Gasteiger partial charge in [0.2, 0.25) is 10.0 Å². The number of nitrogens with zero attached hydrogens (tertiary/aromatic N) is 3. The normalized spacial score (nSPS) is 17.7. The predicted molar refractivity (Wildman–Crippen MR) is 86.2 cm³/mol. The van der Waals surface area contributed by atoms with Crippen LogP contribution >= 0.6 is 12.4 Å². The van der Waals surface area contributed by atoms with Gasteiger partial charge in [-0.3, -0.25) is 4.68 Å². The van der Waals surface area contributed by atoms with Crippen molar-refractivity contribution in [3.8, 4) is 0 Å². The molecule has 122 valence electrons. The van der Waals surface area contributed by atoms with Gasteiger partial charge in [-0.05, 0) is 26.7 Å². The Kier molecular flexibility index (Phi) is 6.22. The molecule has 1 aliphatic rings. The maximum atomic E-state index is 11.5. The van der Waals surface area contributed by atoms with Gasteiger partial charge in [-0.15, -0.1) is 12.4 Å². The number of aromatic nitrogens is 2. The average molecular weight is 337 g/mol. The number of aryl methyl sites for hydroxylation is 2. The van der Waals surface area contributed by atoms with Crippen molar-refractivity contribution in [3.63, 3.8) is 0 Å². The van der Waals surface area contributed by atoms with Crippen molar-refractivity contribution in [1.29, 1.82) is 0 Å². The van der Waals surface area contributed by atoms with Crippen molar-refractivity contribution in [1.82, 2.24) is 19.4 Å². The van der Waals surface area contributed by atoms with E-state index in [-0.39, 0.29) is 12.4 Å². The molecule has 0 spiro atoms. The average Bonchev–Trinajstić information content (AvgIpc) is 2.61. The second-order valence-corrected chi connectivity index (χ2v) is 7.57. The van der Waals surface area contributed by atoms with E-state index in [2.05, 4.69) is 17.3 Å². The molecule has 1 N–H and O–H groups in total. The fourth-order valence-electron chi connectivity index (χ4n) is 2.71.